The van der Waals surface area contributed by atoms with E-state index in [1.54, 1.807) is 23.5 Å². The molecule has 0 amide bonds. The molecule has 17 heavy (non-hydrogen) atoms. The lowest BCUT2D eigenvalue weighted by Gasteiger charge is -1.98. The van der Waals surface area contributed by atoms with E-state index in [0.717, 1.165) is 29.4 Å². The third-order valence-corrected chi connectivity index (χ3v) is 3.46. The van der Waals surface area contributed by atoms with Gasteiger partial charge in [0.15, 0.2) is 0 Å². The van der Waals surface area contributed by atoms with E-state index in [0.29, 0.717) is 0 Å². The summed E-state index contributed by atoms with van der Waals surface area (Å²) in [6.45, 7) is 5.85. The van der Waals surface area contributed by atoms with E-state index in [9.17, 15) is 4.39 Å². The number of halogens is 1. The predicted octanol–water partition coefficient (Wildman–Crippen LogP) is 3.37. The Morgan fingerprint density at radius 2 is 2.00 bits per heavy atom. The van der Waals surface area contributed by atoms with Crippen LogP contribution in [0.5, 0.6) is 0 Å². The van der Waals surface area contributed by atoms with Gasteiger partial charge in [0.05, 0.1) is 5.69 Å². The van der Waals surface area contributed by atoms with Gasteiger partial charge in [0.1, 0.15) is 10.8 Å². The summed E-state index contributed by atoms with van der Waals surface area (Å²) in [5.74, 6) is -0.213. The lowest BCUT2D eigenvalue weighted by Crippen LogP contribution is -2.11. The Morgan fingerprint density at radius 1 is 1.29 bits per heavy atom. The van der Waals surface area contributed by atoms with Crippen LogP contribution in [0.4, 0.5) is 4.39 Å². The number of nitrogens with one attached hydrogen (secondary N) is 1. The number of benzene rings is 1. The second-order valence-electron chi connectivity index (χ2n) is 3.80. The molecule has 0 aliphatic carbocycles. The fourth-order valence-corrected chi connectivity index (χ4v) is 2.56. The van der Waals surface area contributed by atoms with Gasteiger partial charge in [-0.05, 0) is 37.7 Å². The minimum atomic E-state index is -0.213. The number of thiazole rings is 1. The number of nitrogens with zero attached hydrogens (tertiary/aromatic N) is 1. The third-order valence-electron chi connectivity index (χ3n) is 2.48. The van der Waals surface area contributed by atoms with Crippen molar-refractivity contribution in [2.75, 3.05) is 6.54 Å². The zero-order valence-electron chi connectivity index (χ0n) is 9.96. The number of rotatable bonds is 4. The summed E-state index contributed by atoms with van der Waals surface area (Å²) < 4.78 is 12.8. The number of hydrogen-bond donors (Lipinski definition) is 1. The molecule has 0 atom stereocenters. The second kappa shape index (κ2) is 5.38. The molecule has 0 radical (unpaired) electrons. The molecule has 0 fully saturated rings. The van der Waals surface area contributed by atoms with E-state index in [4.69, 9.17) is 0 Å². The molecule has 90 valence electrons. The molecule has 1 aromatic heterocycles. The zero-order chi connectivity index (χ0) is 12.3. The van der Waals surface area contributed by atoms with Crippen molar-refractivity contribution in [3.63, 3.8) is 0 Å². The average molecular weight is 250 g/mol. The van der Waals surface area contributed by atoms with Crippen molar-refractivity contribution >= 4 is 11.3 Å². The highest BCUT2D eigenvalue weighted by Gasteiger charge is 2.09. The van der Waals surface area contributed by atoms with Crippen LogP contribution in [0, 0.1) is 12.7 Å². The van der Waals surface area contributed by atoms with Gasteiger partial charge in [-0.2, -0.15) is 0 Å². The summed E-state index contributed by atoms with van der Waals surface area (Å²) in [5.41, 5.74) is 1.94. The first-order valence-electron chi connectivity index (χ1n) is 5.63. The maximum Gasteiger partial charge on any atom is 0.123 e. The Kier molecular flexibility index (Phi) is 3.86. The van der Waals surface area contributed by atoms with Crippen LogP contribution in [0.1, 0.15) is 16.8 Å². The van der Waals surface area contributed by atoms with Gasteiger partial charge in [0.2, 0.25) is 0 Å². The first-order valence-corrected chi connectivity index (χ1v) is 6.45. The Balaban J connectivity index is 2.26. The highest BCUT2D eigenvalue weighted by Crippen LogP contribution is 2.27. The van der Waals surface area contributed by atoms with Crippen molar-refractivity contribution in [3.8, 4) is 11.3 Å². The quantitative estimate of drug-likeness (QED) is 0.900. The van der Waals surface area contributed by atoms with Crippen molar-refractivity contribution in [2.45, 2.75) is 20.4 Å². The van der Waals surface area contributed by atoms with Gasteiger partial charge in [-0.3, -0.25) is 0 Å². The number of hydrogen-bond acceptors (Lipinski definition) is 3. The first-order chi connectivity index (χ1) is 8.20. The molecule has 2 rings (SSSR count). The molecule has 1 heterocycles. The first kappa shape index (κ1) is 12.2. The standard InChI is InChI=1S/C13H15FN2S/c1-3-15-8-12-16-13(9(2)17-12)10-4-6-11(14)7-5-10/h4-7,15H,3,8H2,1-2H3. The Hall–Kier alpha value is -1.26. The summed E-state index contributed by atoms with van der Waals surface area (Å²) in [4.78, 5) is 5.75. The van der Waals surface area contributed by atoms with Crippen LogP contribution < -0.4 is 5.32 Å². The topological polar surface area (TPSA) is 24.9 Å². The van der Waals surface area contributed by atoms with Crippen molar-refractivity contribution in [3.05, 3.63) is 40.0 Å². The van der Waals surface area contributed by atoms with Gasteiger partial charge in [0, 0.05) is 17.0 Å². The van der Waals surface area contributed by atoms with Crippen LogP contribution in [-0.2, 0) is 6.54 Å². The lowest BCUT2D eigenvalue weighted by atomic mass is 10.1. The lowest BCUT2D eigenvalue weighted by molar-refractivity contribution is 0.628. The molecule has 0 spiro atoms. The number of aryl methyl sites for hydroxylation is 1. The highest BCUT2D eigenvalue weighted by molar-refractivity contribution is 7.12. The molecule has 4 heteroatoms. The van der Waals surface area contributed by atoms with Crippen LogP contribution in [0.15, 0.2) is 24.3 Å². The van der Waals surface area contributed by atoms with E-state index in [1.165, 1.54) is 17.0 Å². The van der Waals surface area contributed by atoms with Crippen LogP contribution in [0.2, 0.25) is 0 Å². The van der Waals surface area contributed by atoms with Gasteiger partial charge in [-0.15, -0.1) is 11.3 Å². The van der Waals surface area contributed by atoms with Gasteiger partial charge in [-0.25, -0.2) is 9.37 Å². The van der Waals surface area contributed by atoms with E-state index in [2.05, 4.69) is 17.2 Å². The Morgan fingerprint density at radius 3 is 2.65 bits per heavy atom. The van der Waals surface area contributed by atoms with Crippen molar-refractivity contribution in [2.24, 2.45) is 0 Å². The number of aromatic nitrogens is 1. The SMILES string of the molecule is CCNCc1nc(-c2ccc(F)cc2)c(C)s1. The average Bonchev–Trinajstić information content (AvgIpc) is 2.69. The predicted molar refractivity (Wildman–Crippen MR) is 69.6 cm³/mol. The van der Waals surface area contributed by atoms with Gasteiger partial charge in [-0.1, -0.05) is 6.92 Å². The molecule has 0 aliphatic heterocycles. The molecular weight excluding hydrogens is 235 g/mol. The smallest absolute Gasteiger partial charge is 0.123 e. The molecule has 0 unspecified atom stereocenters. The molecule has 0 saturated carbocycles. The fraction of sp³-hybridized carbons (Fsp3) is 0.308. The highest BCUT2D eigenvalue weighted by atomic mass is 32.1. The van der Waals surface area contributed by atoms with E-state index < -0.39 is 0 Å². The Bertz CT molecular complexity index is 491. The van der Waals surface area contributed by atoms with Gasteiger partial charge < -0.3 is 5.32 Å². The van der Waals surface area contributed by atoms with E-state index in [1.807, 2.05) is 6.92 Å². The molecular formula is C13H15FN2S. The van der Waals surface area contributed by atoms with E-state index >= 15 is 0 Å². The summed E-state index contributed by atoms with van der Waals surface area (Å²) in [7, 11) is 0. The van der Waals surface area contributed by atoms with Crippen LogP contribution >= 0.6 is 11.3 Å². The largest absolute Gasteiger partial charge is 0.311 e. The van der Waals surface area contributed by atoms with E-state index in [-0.39, 0.29) is 5.82 Å². The van der Waals surface area contributed by atoms with Crippen molar-refractivity contribution in [1.29, 1.82) is 0 Å². The molecule has 1 N–H and O–H groups in total. The molecule has 2 nitrogen and oxygen atoms in total. The maximum absolute atomic E-state index is 12.8. The van der Waals surface area contributed by atoms with Gasteiger partial charge >= 0.3 is 0 Å². The van der Waals surface area contributed by atoms with Crippen molar-refractivity contribution < 1.29 is 4.39 Å². The molecule has 1 aromatic carbocycles. The molecule has 0 saturated heterocycles. The Labute approximate surface area is 105 Å². The molecule has 2 aromatic rings. The molecule has 0 aliphatic rings. The summed E-state index contributed by atoms with van der Waals surface area (Å²) in [6.07, 6.45) is 0. The monoisotopic (exact) mass is 250 g/mol. The van der Waals surface area contributed by atoms with Gasteiger partial charge in [0.25, 0.3) is 0 Å². The fourth-order valence-electron chi connectivity index (χ4n) is 1.63. The minimum Gasteiger partial charge on any atom is -0.311 e. The van der Waals surface area contributed by atoms with Crippen LogP contribution in [-0.4, -0.2) is 11.5 Å². The van der Waals surface area contributed by atoms with Crippen molar-refractivity contribution in [1.82, 2.24) is 10.3 Å². The van der Waals surface area contributed by atoms with Crippen LogP contribution in [0.25, 0.3) is 11.3 Å². The minimum absolute atomic E-state index is 0.213. The summed E-state index contributed by atoms with van der Waals surface area (Å²) in [5, 5.41) is 4.33. The second-order valence-corrected chi connectivity index (χ2v) is 5.09. The summed E-state index contributed by atoms with van der Waals surface area (Å²) >= 11 is 1.69. The van der Waals surface area contributed by atoms with Crippen LogP contribution in [0.3, 0.4) is 0 Å². The normalized spacial score (nSPS) is 10.8. The molecule has 0 bridgehead atoms. The zero-order valence-corrected chi connectivity index (χ0v) is 10.8. The maximum atomic E-state index is 12.8. The third kappa shape index (κ3) is 2.90. The summed E-state index contributed by atoms with van der Waals surface area (Å²) in [6, 6.07) is 6.49.